The monoisotopic (exact) mass is 367 g/mol. The van der Waals surface area contributed by atoms with E-state index in [1.165, 1.54) is 16.3 Å². The first-order valence-electron chi connectivity index (χ1n) is 8.20. The van der Waals surface area contributed by atoms with E-state index in [1.807, 2.05) is 24.3 Å². The van der Waals surface area contributed by atoms with Gasteiger partial charge in [-0.25, -0.2) is 4.98 Å². The second-order valence-corrected chi connectivity index (χ2v) is 6.59. The molecule has 5 nitrogen and oxygen atoms in total. The van der Waals surface area contributed by atoms with E-state index in [2.05, 4.69) is 24.1 Å². The van der Waals surface area contributed by atoms with Crippen LogP contribution in [0.2, 0.25) is 5.02 Å². The van der Waals surface area contributed by atoms with Gasteiger partial charge < -0.3 is 5.32 Å². The zero-order valence-corrected chi connectivity index (χ0v) is 15.2. The molecule has 0 aliphatic carbocycles. The van der Waals surface area contributed by atoms with Crippen molar-refractivity contribution in [2.45, 2.75) is 19.8 Å². The molecule has 0 aliphatic rings. The van der Waals surface area contributed by atoms with Crippen LogP contribution in [0.4, 0.5) is 5.82 Å². The molecule has 132 valence electrons. The molecule has 6 heteroatoms. The summed E-state index contributed by atoms with van der Waals surface area (Å²) in [6.45, 7) is 4.22. The highest BCUT2D eigenvalue weighted by Crippen LogP contribution is 2.16. The lowest BCUT2D eigenvalue weighted by Gasteiger charge is -2.10. The first-order valence-corrected chi connectivity index (χ1v) is 8.58. The summed E-state index contributed by atoms with van der Waals surface area (Å²) in [5.41, 5.74) is 1.90. The van der Waals surface area contributed by atoms with Crippen LogP contribution in [0, 0.1) is 0 Å². The van der Waals surface area contributed by atoms with Crippen LogP contribution in [-0.4, -0.2) is 15.5 Å². The first-order chi connectivity index (χ1) is 12.5. The topological polar surface area (TPSA) is 64.0 Å². The molecule has 3 aromatic rings. The number of nitrogens with one attached hydrogen (secondary N) is 1. The predicted molar refractivity (Wildman–Crippen MR) is 103 cm³/mol. The average Bonchev–Trinajstić information content (AvgIpc) is 2.64. The highest BCUT2D eigenvalue weighted by Gasteiger charge is 2.12. The lowest BCUT2D eigenvalue weighted by molar-refractivity contribution is 0.102. The van der Waals surface area contributed by atoms with E-state index in [-0.39, 0.29) is 5.82 Å². The van der Waals surface area contributed by atoms with Gasteiger partial charge in [-0.2, -0.15) is 0 Å². The van der Waals surface area contributed by atoms with E-state index < -0.39 is 11.5 Å². The predicted octanol–water partition coefficient (Wildman–Crippen LogP) is 4.26. The molecule has 0 unspecified atom stereocenters. The quantitative estimate of drug-likeness (QED) is 0.749. The van der Waals surface area contributed by atoms with Crippen molar-refractivity contribution in [3.8, 4) is 5.69 Å². The first kappa shape index (κ1) is 17.9. The maximum absolute atomic E-state index is 12.7. The Morgan fingerprint density at radius 1 is 1.08 bits per heavy atom. The lowest BCUT2D eigenvalue weighted by atomic mass is 10.0. The molecule has 0 aliphatic heterocycles. The Morgan fingerprint density at radius 2 is 1.73 bits per heavy atom. The van der Waals surface area contributed by atoms with Gasteiger partial charge >= 0.3 is 0 Å². The van der Waals surface area contributed by atoms with Crippen molar-refractivity contribution in [1.29, 1.82) is 0 Å². The van der Waals surface area contributed by atoms with Gasteiger partial charge in [0.05, 0.1) is 0 Å². The fourth-order valence-corrected chi connectivity index (χ4v) is 2.63. The Labute approximate surface area is 156 Å². The smallest absolute Gasteiger partial charge is 0.298 e. The van der Waals surface area contributed by atoms with Gasteiger partial charge in [0.15, 0.2) is 5.82 Å². The van der Waals surface area contributed by atoms with E-state index in [0.29, 0.717) is 22.2 Å². The van der Waals surface area contributed by atoms with Crippen LogP contribution in [0.25, 0.3) is 5.69 Å². The van der Waals surface area contributed by atoms with Crippen LogP contribution < -0.4 is 10.9 Å². The summed E-state index contributed by atoms with van der Waals surface area (Å²) in [6, 6.07) is 14.1. The third-order valence-electron chi connectivity index (χ3n) is 4.02. The molecule has 1 N–H and O–H groups in total. The second kappa shape index (κ2) is 7.54. The second-order valence-electron chi connectivity index (χ2n) is 6.16. The Hall–Kier alpha value is -2.92. The van der Waals surface area contributed by atoms with Gasteiger partial charge in [-0.3, -0.25) is 14.2 Å². The zero-order valence-electron chi connectivity index (χ0n) is 14.4. The standard InChI is InChI=1S/C20H18ClN3O2/c1-13(2)14-5-9-17(10-6-14)24-12-11-22-18(20(24)26)23-19(25)15-3-7-16(21)8-4-15/h3-13H,1-2H3,(H,22,23,25). The van der Waals surface area contributed by atoms with Gasteiger partial charge in [0.25, 0.3) is 11.5 Å². The van der Waals surface area contributed by atoms with Crippen molar-refractivity contribution in [1.82, 2.24) is 9.55 Å². The molecule has 1 aromatic heterocycles. The number of halogens is 1. The van der Waals surface area contributed by atoms with E-state index in [4.69, 9.17) is 11.6 Å². The van der Waals surface area contributed by atoms with Crippen LogP contribution in [-0.2, 0) is 0 Å². The van der Waals surface area contributed by atoms with Crippen molar-refractivity contribution in [2.24, 2.45) is 0 Å². The minimum Gasteiger partial charge on any atom is -0.302 e. The number of benzene rings is 2. The third-order valence-corrected chi connectivity index (χ3v) is 4.27. The number of carbonyl (C=O) groups excluding carboxylic acids is 1. The summed E-state index contributed by atoms with van der Waals surface area (Å²) in [7, 11) is 0. The molecular weight excluding hydrogens is 350 g/mol. The van der Waals surface area contributed by atoms with Crippen molar-refractivity contribution in [2.75, 3.05) is 5.32 Å². The van der Waals surface area contributed by atoms with Crippen molar-refractivity contribution in [3.05, 3.63) is 87.4 Å². The van der Waals surface area contributed by atoms with Gasteiger partial charge in [0.2, 0.25) is 0 Å². The number of hydrogen-bond donors (Lipinski definition) is 1. The largest absolute Gasteiger partial charge is 0.302 e. The van der Waals surface area contributed by atoms with Crippen LogP contribution in [0.3, 0.4) is 0 Å². The fourth-order valence-electron chi connectivity index (χ4n) is 2.50. The maximum atomic E-state index is 12.7. The molecule has 3 rings (SSSR count). The van der Waals surface area contributed by atoms with E-state index in [0.717, 1.165) is 0 Å². The number of nitrogens with zero attached hydrogens (tertiary/aromatic N) is 2. The van der Waals surface area contributed by atoms with Crippen LogP contribution in [0.15, 0.2) is 65.7 Å². The number of amides is 1. The molecule has 26 heavy (non-hydrogen) atoms. The Bertz CT molecular complexity index is 977. The summed E-state index contributed by atoms with van der Waals surface area (Å²) in [5, 5.41) is 3.09. The minimum absolute atomic E-state index is 0.0274. The van der Waals surface area contributed by atoms with Crippen LogP contribution in [0.5, 0.6) is 0 Å². The average molecular weight is 368 g/mol. The number of rotatable bonds is 4. The Morgan fingerprint density at radius 3 is 2.35 bits per heavy atom. The number of aromatic nitrogens is 2. The van der Waals surface area contributed by atoms with Crippen LogP contribution in [0.1, 0.15) is 35.7 Å². The molecular formula is C20H18ClN3O2. The molecule has 0 saturated carbocycles. The van der Waals surface area contributed by atoms with E-state index >= 15 is 0 Å². The van der Waals surface area contributed by atoms with E-state index in [9.17, 15) is 9.59 Å². The molecule has 2 aromatic carbocycles. The summed E-state index contributed by atoms with van der Waals surface area (Å²) < 4.78 is 1.45. The normalized spacial score (nSPS) is 10.8. The summed E-state index contributed by atoms with van der Waals surface area (Å²) in [5.74, 6) is -0.0352. The number of carbonyl (C=O) groups is 1. The Balaban J connectivity index is 1.88. The Kier molecular flexibility index (Phi) is 5.19. The minimum atomic E-state index is -0.417. The van der Waals surface area contributed by atoms with Gasteiger partial charge in [0.1, 0.15) is 0 Å². The van der Waals surface area contributed by atoms with Crippen molar-refractivity contribution >= 4 is 23.3 Å². The van der Waals surface area contributed by atoms with Gasteiger partial charge in [0, 0.05) is 28.7 Å². The SMILES string of the molecule is CC(C)c1ccc(-n2ccnc(NC(=O)c3ccc(Cl)cc3)c2=O)cc1. The summed E-state index contributed by atoms with van der Waals surface area (Å²) in [4.78, 5) is 29.0. The highest BCUT2D eigenvalue weighted by molar-refractivity contribution is 6.30. The molecule has 0 atom stereocenters. The number of anilines is 1. The molecule has 1 heterocycles. The lowest BCUT2D eigenvalue weighted by Crippen LogP contribution is -2.26. The van der Waals surface area contributed by atoms with Crippen molar-refractivity contribution < 1.29 is 4.79 Å². The number of hydrogen-bond acceptors (Lipinski definition) is 3. The summed E-state index contributed by atoms with van der Waals surface area (Å²) in [6.07, 6.45) is 3.06. The summed E-state index contributed by atoms with van der Waals surface area (Å²) >= 11 is 5.82. The highest BCUT2D eigenvalue weighted by atomic mass is 35.5. The molecule has 0 radical (unpaired) electrons. The third kappa shape index (κ3) is 3.83. The van der Waals surface area contributed by atoms with Gasteiger partial charge in [-0.1, -0.05) is 37.6 Å². The maximum Gasteiger partial charge on any atom is 0.298 e. The van der Waals surface area contributed by atoms with E-state index in [1.54, 1.807) is 30.5 Å². The molecule has 0 fully saturated rings. The van der Waals surface area contributed by atoms with Gasteiger partial charge in [-0.05, 0) is 47.9 Å². The molecule has 0 spiro atoms. The van der Waals surface area contributed by atoms with Crippen molar-refractivity contribution in [3.63, 3.8) is 0 Å². The molecule has 0 bridgehead atoms. The zero-order chi connectivity index (χ0) is 18.7. The molecule has 1 amide bonds. The fraction of sp³-hybridized carbons (Fsp3) is 0.150. The molecule has 0 saturated heterocycles. The van der Waals surface area contributed by atoms with Gasteiger partial charge in [-0.15, -0.1) is 0 Å². The van der Waals surface area contributed by atoms with Crippen LogP contribution >= 0.6 is 11.6 Å².